The van der Waals surface area contributed by atoms with E-state index in [4.69, 9.17) is 9.47 Å². The van der Waals surface area contributed by atoms with Gasteiger partial charge in [0.15, 0.2) is 5.69 Å². The number of benzene rings is 1. The SMILES string of the molecule is COc1cc2c(cc1C#N)-c1c(c(C(=O)O)nn1-c1ccsc1)CO2. The van der Waals surface area contributed by atoms with Gasteiger partial charge in [-0.1, -0.05) is 0 Å². The second-order valence-corrected chi connectivity index (χ2v) is 6.10. The molecule has 1 aromatic carbocycles. The molecular weight excluding hydrogens is 342 g/mol. The minimum Gasteiger partial charge on any atom is -0.495 e. The molecule has 1 aliphatic rings. The molecule has 0 aliphatic carbocycles. The predicted octanol–water partition coefficient (Wildman–Crippen LogP) is 3.07. The maximum absolute atomic E-state index is 11.6. The zero-order valence-corrected chi connectivity index (χ0v) is 13.8. The highest BCUT2D eigenvalue weighted by Crippen LogP contribution is 2.43. The van der Waals surface area contributed by atoms with Gasteiger partial charge in [-0.15, -0.1) is 0 Å². The number of carboxylic acid groups (broad SMARTS) is 1. The number of hydrogen-bond acceptors (Lipinski definition) is 6. The molecule has 8 heteroatoms. The summed E-state index contributed by atoms with van der Waals surface area (Å²) >= 11 is 1.49. The quantitative estimate of drug-likeness (QED) is 0.777. The number of carboxylic acids is 1. The van der Waals surface area contributed by atoms with Crippen LogP contribution in [0.4, 0.5) is 0 Å². The van der Waals surface area contributed by atoms with Crippen LogP contribution in [0.2, 0.25) is 0 Å². The lowest BCUT2D eigenvalue weighted by molar-refractivity contribution is 0.0687. The summed E-state index contributed by atoms with van der Waals surface area (Å²) in [5, 5.41) is 26.9. The number of thiophene rings is 1. The number of aromatic nitrogens is 2. The van der Waals surface area contributed by atoms with Crippen molar-refractivity contribution in [3.05, 3.63) is 45.8 Å². The Hall–Kier alpha value is -3.31. The molecule has 1 N–H and O–H groups in total. The van der Waals surface area contributed by atoms with Gasteiger partial charge >= 0.3 is 5.97 Å². The molecule has 3 heterocycles. The summed E-state index contributed by atoms with van der Waals surface area (Å²) in [6.07, 6.45) is 0. The van der Waals surface area contributed by atoms with Crippen LogP contribution in [0.15, 0.2) is 29.0 Å². The summed E-state index contributed by atoms with van der Waals surface area (Å²) in [6, 6.07) is 7.22. The standard InChI is InChI=1S/C17H11N3O4S/c1-23-13-5-14-11(4-9(13)6-18)16-12(7-24-14)15(17(21)22)19-20(16)10-2-3-25-8-10/h2-5,8H,7H2,1H3,(H,21,22). The molecule has 0 fully saturated rings. The molecular formula is C17H11N3O4S. The summed E-state index contributed by atoms with van der Waals surface area (Å²) in [5.41, 5.74) is 2.77. The molecule has 2 aromatic heterocycles. The lowest BCUT2D eigenvalue weighted by Crippen LogP contribution is -2.10. The Morgan fingerprint density at radius 3 is 3.00 bits per heavy atom. The van der Waals surface area contributed by atoms with E-state index < -0.39 is 5.97 Å². The van der Waals surface area contributed by atoms with Crippen LogP contribution in [0.5, 0.6) is 11.5 Å². The monoisotopic (exact) mass is 353 g/mol. The number of methoxy groups -OCH3 is 1. The lowest BCUT2D eigenvalue weighted by Gasteiger charge is -2.20. The van der Waals surface area contributed by atoms with E-state index in [1.165, 1.54) is 18.4 Å². The fourth-order valence-electron chi connectivity index (χ4n) is 2.87. The topological polar surface area (TPSA) is 97.4 Å². The van der Waals surface area contributed by atoms with Crippen molar-refractivity contribution >= 4 is 17.3 Å². The Kier molecular flexibility index (Phi) is 3.44. The van der Waals surface area contributed by atoms with E-state index in [1.807, 2.05) is 16.8 Å². The maximum atomic E-state index is 11.6. The van der Waals surface area contributed by atoms with Crippen molar-refractivity contribution in [3.63, 3.8) is 0 Å². The molecule has 1 aliphatic heterocycles. The first-order valence-corrected chi connectivity index (χ1v) is 8.21. The highest BCUT2D eigenvalue weighted by Gasteiger charge is 2.31. The van der Waals surface area contributed by atoms with Crippen molar-refractivity contribution in [2.45, 2.75) is 6.61 Å². The first-order chi connectivity index (χ1) is 12.1. The van der Waals surface area contributed by atoms with Crippen molar-refractivity contribution < 1.29 is 19.4 Å². The van der Waals surface area contributed by atoms with Crippen LogP contribution in [0.3, 0.4) is 0 Å². The fraction of sp³-hybridized carbons (Fsp3) is 0.118. The van der Waals surface area contributed by atoms with Gasteiger partial charge in [0.25, 0.3) is 0 Å². The van der Waals surface area contributed by atoms with Crippen molar-refractivity contribution in [2.75, 3.05) is 7.11 Å². The van der Waals surface area contributed by atoms with Gasteiger partial charge in [-0.2, -0.15) is 21.7 Å². The molecule has 124 valence electrons. The summed E-state index contributed by atoms with van der Waals surface area (Å²) < 4.78 is 12.5. The molecule has 0 unspecified atom stereocenters. The zero-order valence-electron chi connectivity index (χ0n) is 13.0. The van der Waals surface area contributed by atoms with E-state index >= 15 is 0 Å². The summed E-state index contributed by atoms with van der Waals surface area (Å²) in [7, 11) is 1.48. The van der Waals surface area contributed by atoms with Crippen LogP contribution in [-0.4, -0.2) is 28.0 Å². The van der Waals surface area contributed by atoms with E-state index in [0.717, 1.165) is 5.69 Å². The Bertz CT molecular complexity index is 1030. The number of nitriles is 1. The average molecular weight is 353 g/mol. The minimum atomic E-state index is -1.12. The fourth-order valence-corrected chi connectivity index (χ4v) is 3.49. The van der Waals surface area contributed by atoms with Gasteiger partial charge in [-0.3, -0.25) is 0 Å². The second-order valence-electron chi connectivity index (χ2n) is 5.32. The molecule has 0 atom stereocenters. The molecule has 0 radical (unpaired) electrons. The summed E-state index contributed by atoms with van der Waals surface area (Å²) in [4.78, 5) is 11.6. The highest BCUT2D eigenvalue weighted by molar-refractivity contribution is 7.08. The van der Waals surface area contributed by atoms with Gasteiger partial charge in [0.2, 0.25) is 0 Å². The van der Waals surface area contributed by atoms with E-state index in [1.54, 1.807) is 16.8 Å². The Labute approximate surface area is 146 Å². The summed E-state index contributed by atoms with van der Waals surface area (Å²) in [5.74, 6) is -0.187. The van der Waals surface area contributed by atoms with Crippen LogP contribution in [0.25, 0.3) is 16.9 Å². The van der Waals surface area contributed by atoms with E-state index in [-0.39, 0.29) is 12.3 Å². The van der Waals surface area contributed by atoms with E-state index in [9.17, 15) is 15.2 Å². The number of fused-ring (bicyclic) bond motifs is 3. The molecule has 0 saturated carbocycles. The first-order valence-electron chi connectivity index (χ1n) is 7.27. The average Bonchev–Trinajstić information content (AvgIpc) is 3.27. The van der Waals surface area contributed by atoms with Crippen molar-refractivity contribution in [1.29, 1.82) is 5.26 Å². The Morgan fingerprint density at radius 2 is 2.36 bits per heavy atom. The smallest absolute Gasteiger partial charge is 0.356 e. The van der Waals surface area contributed by atoms with E-state index in [0.29, 0.717) is 33.9 Å². The second kappa shape index (κ2) is 5.65. The van der Waals surface area contributed by atoms with Crippen LogP contribution < -0.4 is 9.47 Å². The van der Waals surface area contributed by atoms with Gasteiger partial charge in [0.05, 0.1) is 29.6 Å². The third-order valence-corrected chi connectivity index (χ3v) is 4.66. The number of aromatic carboxylic acids is 1. The third kappa shape index (κ3) is 2.25. The van der Waals surface area contributed by atoms with Gasteiger partial charge in [-0.05, 0) is 17.5 Å². The first kappa shape index (κ1) is 15.2. The molecule has 7 nitrogen and oxygen atoms in total. The number of carbonyl (C=O) groups is 1. The number of nitrogens with zero attached hydrogens (tertiary/aromatic N) is 3. The molecule has 0 amide bonds. The van der Waals surface area contributed by atoms with Crippen LogP contribution in [0.1, 0.15) is 21.6 Å². The lowest BCUT2D eigenvalue weighted by atomic mass is 9.99. The molecule has 3 aromatic rings. The van der Waals surface area contributed by atoms with Gasteiger partial charge < -0.3 is 14.6 Å². The van der Waals surface area contributed by atoms with Crippen LogP contribution >= 0.6 is 11.3 Å². The summed E-state index contributed by atoms with van der Waals surface area (Å²) in [6.45, 7) is 0.0865. The maximum Gasteiger partial charge on any atom is 0.356 e. The third-order valence-electron chi connectivity index (χ3n) is 3.99. The predicted molar refractivity (Wildman–Crippen MR) is 89.4 cm³/mol. The van der Waals surface area contributed by atoms with Crippen molar-refractivity contribution in [2.24, 2.45) is 0 Å². The highest BCUT2D eigenvalue weighted by atomic mass is 32.1. The Balaban J connectivity index is 2.04. The zero-order chi connectivity index (χ0) is 17.6. The van der Waals surface area contributed by atoms with Gasteiger partial charge in [0.1, 0.15) is 24.2 Å². The van der Waals surface area contributed by atoms with Gasteiger partial charge in [0, 0.05) is 17.0 Å². The minimum absolute atomic E-state index is 0.0545. The number of rotatable bonds is 3. The largest absolute Gasteiger partial charge is 0.495 e. The molecule has 0 bridgehead atoms. The van der Waals surface area contributed by atoms with Crippen molar-refractivity contribution in [3.8, 4) is 34.5 Å². The van der Waals surface area contributed by atoms with Crippen LogP contribution in [0, 0.1) is 11.3 Å². The molecule has 25 heavy (non-hydrogen) atoms. The normalized spacial score (nSPS) is 11.8. The van der Waals surface area contributed by atoms with Gasteiger partial charge in [-0.25, -0.2) is 9.48 Å². The number of ether oxygens (including phenoxy) is 2. The molecule has 4 rings (SSSR count). The van der Waals surface area contributed by atoms with Crippen molar-refractivity contribution in [1.82, 2.24) is 9.78 Å². The Morgan fingerprint density at radius 1 is 1.52 bits per heavy atom. The molecule has 0 saturated heterocycles. The molecule has 0 spiro atoms. The van der Waals surface area contributed by atoms with E-state index in [2.05, 4.69) is 11.2 Å². The van der Waals surface area contributed by atoms with Crippen LogP contribution in [-0.2, 0) is 6.61 Å². The number of hydrogen-bond donors (Lipinski definition) is 1.